The second-order valence-corrected chi connectivity index (χ2v) is 12.1. The molecule has 0 saturated carbocycles. The number of fused-ring (bicyclic) bond motifs is 2. The van der Waals surface area contributed by atoms with Crippen molar-refractivity contribution in [2.45, 2.75) is 29.7 Å². The van der Waals surface area contributed by atoms with Crippen LogP contribution in [0.15, 0.2) is 81.2 Å². The van der Waals surface area contributed by atoms with E-state index < -0.39 is 45.6 Å². The van der Waals surface area contributed by atoms with Gasteiger partial charge in [-0.15, -0.1) is 0 Å². The number of imide groups is 1. The molecule has 42 heavy (non-hydrogen) atoms. The molecule has 6 rings (SSSR count). The number of esters is 1. The van der Waals surface area contributed by atoms with Crippen molar-refractivity contribution in [2.24, 2.45) is 5.92 Å². The summed E-state index contributed by atoms with van der Waals surface area (Å²) in [7, 11) is 0. The third-order valence-electron chi connectivity index (χ3n) is 6.97. The molecule has 1 fully saturated rings. The Bertz CT molecular complexity index is 1750. The fourth-order valence-electron chi connectivity index (χ4n) is 5.12. The van der Waals surface area contributed by atoms with Crippen LogP contribution in [-0.2, 0) is 25.7 Å². The first-order valence-corrected chi connectivity index (χ1v) is 15.0. The number of thioether (sulfide) groups is 1. The number of nitrogens with zero attached hydrogens (tertiary/aromatic N) is 2. The molecule has 4 aromatic rings. The zero-order chi connectivity index (χ0) is 29.5. The quantitative estimate of drug-likeness (QED) is 0.230. The van der Waals surface area contributed by atoms with Crippen LogP contribution in [0.3, 0.4) is 0 Å². The van der Waals surface area contributed by atoms with Crippen LogP contribution in [0.1, 0.15) is 33.8 Å². The Morgan fingerprint density at radius 3 is 2.43 bits per heavy atom. The van der Waals surface area contributed by atoms with E-state index in [1.165, 1.54) is 23.0 Å². The van der Waals surface area contributed by atoms with E-state index in [0.717, 1.165) is 28.0 Å². The fraction of sp³-hybridized carbons (Fsp3) is 0.207. The zero-order valence-corrected chi connectivity index (χ0v) is 24.3. The summed E-state index contributed by atoms with van der Waals surface area (Å²) in [6.07, 6.45) is 1.48. The van der Waals surface area contributed by atoms with Gasteiger partial charge >= 0.3 is 10.8 Å². The molecule has 3 amide bonds. The van der Waals surface area contributed by atoms with Gasteiger partial charge in [-0.1, -0.05) is 34.7 Å². The summed E-state index contributed by atoms with van der Waals surface area (Å²) in [5.41, 5.74) is 1.18. The Kier molecular flexibility index (Phi) is 7.52. The number of benzene rings is 2. The second kappa shape index (κ2) is 11.3. The lowest BCUT2D eigenvalue weighted by Crippen LogP contribution is -2.32. The van der Waals surface area contributed by atoms with Crippen molar-refractivity contribution in [3.05, 3.63) is 97.8 Å². The minimum Gasteiger partial charge on any atom is -0.469 e. The SMILES string of the molecule is CCOC(=O)c1ccc(NC(=O)Cn2c3c(sc2=O)C(c2ccco2)C2C(=O)N(c4ccc(Cl)cc4)C(=O)C2S3)cc1. The minimum atomic E-state index is -0.838. The number of carbonyl (C=O) groups is 4. The average Bonchev–Trinajstić information content (AvgIpc) is 3.67. The minimum absolute atomic E-state index is 0.246. The number of rotatable bonds is 7. The molecule has 2 aliphatic heterocycles. The highest BCUT2D eigenvalue weighted by molar-refractivity contribution is 8.00. The lowest BCUT2D eigenvalue weighted by atomic mass is 9.87. The Labute approximate surface area is 252 Å². The molecule has 3 unspecified atom stereocenters. The first kappa shape index (κ1) is 28.0. The van der Waals surface area contributed by atoms with E-state index >= 15 is 0 Å². The van der Waals surface area contributed by atoms with E-state index in [9.17, 15) is 24.0 Å². The van der Waals surface area contributed by atoms with Crippen LogP contribution >= 0.6 is 34.7 Å². The van der Waals surface area contributed by atoms with Crippen molar-refractivity contribution in [1.82, 2.24) is 4.57 Å². The Morgan fingerprint density at radius 1 is 1.02 bits per heavy atom. The monoisotopic (exact) mass is 623 g/mol. The highest BCUT2D eigenvalue weighted by Gasteiger charge is 2.57. The normalized spacial score (nSPS) is 19.4. The Hall–Kier alpha value is -4.13. The van der Waals surface area contributed by atoms with Gasteiger partial charge in [-0.05, 0) is 67.6 Å². The largest absolute Gasteiger partial charge is 0.469 e. The van der Waals surface area contributed by atoms with Gasteiger partial charge in [0.15, 0.2) is 0 Å². The summed E-state index contributed by atoms with van der Waals surface area (Å²) >= 11 is 8.06. The number of hydrogen-bond donors (Lipinski definition) is 1. The maximum atomic E-state index is 13.8. The average molecular weight is 624 g/mol. The van der Waals surface area contributed by atoms with Crippen molar-refractivity contribution >= 4 is 69.8 Å². The lowest BCUT2D eigenvalue weighted by Gasteiger charge is -2.29. The molecule has 214 valence electrons. The number of thiazole rings is 1. The predicted molar refractivity (Wildman–Crippen MR) is 157 cm³/mol. The van der Waals surface area contributed by atoms with Gasteiger partial charge in [0, 0.05) is 10.7 Å². The molecule has 4 heterocycles. The van der Waals surface area contributed by atoms with E-state index in [4.69, 9.17) is 20.8 Å². The van der Waals surface area contributed by atoms with Gasteiger partial charge in [0.2, 0.25) is 17.7 Å². The lowest BCUT2D eigenvalue weighted by molar-refractivity contribution is -0.122. The number of carbonyl (C=O) groups excluding carboxylic acids is 4. The van der Waals surface area contributed by atoms with Crippen molar-refractivity contribution in [3.63, 3.8) is 0 Å². The molecule has 2 aromatic heterocycles. The number of ether oxygens (including phenoxy) is 1. The summed E-state index contributed by atoms with van der Waals surface area (Å²) < 4.78 is 12.0. The van der Waals surface area contributed by atoms with E-state index in [2.05, 4.69) is 5.32 Å². The second-order valence-electron chi connectivity index (χ2n) is 9.52. The van der Waals surface area contributed by atoms with Crippen LogP contribution in [0.25, 0.3) is 0 Å². The van der Waals surface area contributed by atoms with E-state index in [1.54, 1.807) is 55.5 Å². The number of aromatic nitrogens is 1. The topological polar surface area (TPSA) is 128 Å². The Balaban J connectivity index is 1.30. The molecule has 2 aliphatic rings. The molecule has 2 aromatic carbocycles. The molecule has 1 saturated heterocycles. The van der Waals surface area contributed by atoms with Gasteiger partial charge < -0.3 is 14.5 Å². The maximum absolute atomic E-state index is 13.8. The number of furan rings is 1. The van der Waals surface area contributed by atoms with Gasteiger partial charge in [-0.3, -0.25) is 23.7 Å². The number of amides is 3. The molecule has 10 nitrogen and oxygen atoms in total. The smallest absolute Gasteiger partial charge is 0.338 e. The molecular formula is C29H22ClN3O7S2. The van der Waals surface area contributed by atoms with Crippen LogP contribution in [0.4, 0.5) is 11.4 Å². The molecule has 0 spiro atoms. The summed E-state index contributed by atoms with van der Waals surface area (Å²) in [6, 6.07) is 16.0. The van der Waals surface area contributed by atoms with Crippen molar-refractivity contribution in [2.75, 3.05) is 16.8 Å². The zero-order valence-electron chi connectivity index (χ0n) is 21.9. The summed E-state index contributed by atoms with van der Waals surface area (Å²) in [5, 5.41) is 2.81. The molecule has 0 radical (unpaired) electrons. The van der Waals surface area contributed by atoms with Gasteiger partial charge in [0.05, 0.1) is 45.9 Å². The van der Waals surface area contributed by atoms with E-state index in [-0.39, 0.29) is 13.2 Å². The van der Waals surface area contributed by atoms with Crippen LogP contribution in [0.2, 0.25) is 5.02 Å². The molecule has 0 aliphatic carbocycles. The van der Waals surface area contributed by atoms with Crippen LogP contribution in [0, 0.1) is 5.92 Å². The van der Waals surface area contributed by atoms with Crippen molar-refractivity contribution < 1.29 is 28.3 Å². The molecule has 1 N–H and O–H groups in total. The first-order chi connectivity index (χ1) is 20.3. The predicted octanol–water partition coefficient (Wildman–Crippen LogP) is 4.77. The van der Waals surface area contributed by atoms with Crippen molar-refractivity contribution in [3.8, 4) is 0 Å². The van der Waals surface area contributed by atoms with Crippen molar-refractivity contribution in [1.29, 1.82) is 0 Å². The van der Waals surface area contributed by atoms with Crippen LogP contribution < -0.4 is 15.1 Å². The van der Waals surface area contributed by atoms with Crippen LogP contribution in [0.5, 0.6) is 0 Å². The number of nitrogens with one attached hydrogen (secondary N) is 1. The van der Waals surface area contributed by atoms with Gasteiger partial charge in [-0.2, -0.15) is 0 Å². The van der Waals surface area contributed by atoms with E-state index in [1.807, 2.05) is 0 Å². The number of halogens is 1. The highest BCUT2D eigenvalue weighted by atomic mass is 35.5. The molecular weight excluding hydrogens is 602 g/mol. The maximum Gasteiger partial charge on any atom is 0.338 e. The van der Waals surface area contributed by atoms with Gasteiger partial charge in [-0.25, -0.2) is 9.69 Å². The Morgan fingerprint density at radius 2 is 1.76 bits per heavy atom. The highest BCUT2D eigenvalue weighted by Crippen LogP contribution is 2.53. The molecule has 13 heteroatoms. The molecule has 0 bridgehead atoms. The number of anilines is 2. The third-order valence-corrected chi connectivity index (χ3v) is 9.82. The number of hydrogen-bond acceptors (Lipinski definition) is 9. The molecule has 3 atom stereocenters. The van der Waals surface area contributed by atoms with E-state index in [0.29, 0.717) is 37.6 Å². The summed E-state index contributed by atoms with van der Waals surface area (Å²) in [6.45, 7) is 1.64. The van der Waals surface area contributed by atoms with Crippen LogP contribution in [-0.4, -0.2) is 40.1 Å². The summed E-state index contributed by atoms with van der Waals surface area (Å²) in [5.74, 6) is -2.81. The summed E-state index contributed by atoms with van der Waals surface area (Å²) in [4.78, 5) is 66.9. The first-order valence-electron chi connectivity index (χ1n) is 12.9. The van der Waals surface area contributed by atoms with Gasteiger partial charge in [0.25, 0.3) is 0 Å². The standard InChI is InChI=1S/C29H22ClN3O7S2/c1-2-39-28(37)15-5-9-17(10-6-15)31-20(34)14-32-27-24(42-29(32)38)21(19-4-3-13-40-19)22-23(41-27)26(36)33(25(22)35)18-11-7-16(30)8-12-18/h3-13,21-23H,2,14H2,1H3,(H,31,34). The van der Waals surface area contributed by atoms with Gasteiger partial charge in [0.1, 0.15) is 17.6 Å². The third kappa shape index (κ3) is 4.95. The fourth-order valence-corrected chi connectivity index (χ4v) is 8.00.